The van der Waals surface area contributed by atoms with Crippen LogP contribution in [0.4, 0.5) is 4.39 Å². The topological polar surface area (TPSA) is 31.4 Å². The first kappa shape index (κ1) is 16.3. The molecular weight excluding hydrogens is 340 g/mol. The summed E-state index contributed by atoms with van der Waals surface area (Å²) in [7, 11) is 0. The molecule has 0 unspecified atom stereocenters. The second-order valence-corrected chi connectivity index (χ2v) is 6.65. The van der Waals surface area contributed by atoms with Gasteiger partial charge in [-0.15, -0.1) is 0 Å². The maximum absolute atomic E-state index is 12.8. The van der Waals surface area contributed by atoms with Gasteiger partial charge in [-0.3, -0.25) is 0 Å². The molecular formula is C14H11Cl3FNO2. The molecule has 1 aromatic carbocycles. The first-order valence-electron chi connectivity index (χ1n) is 5.96. The molecule has 1 heterocycles. The summed E-state index contributed by atoms with van der Waals surface area (Å²) in [6.45, 7) is 0.150. The fraction of sp³-hybridized carbons (Fsp3) is 0.214. The Morgan fingerprint density at radius 1 is 1.05 bits per heavy atom. The van der Waals surface area contributed by atoms with Crippen molar-refractivity contribution in [3.8, 4) is 11.6 Å². The first-order chi connectivity index (χ1) is 9.92. The molecule has 0 N–H and O–H groups in total. The van der Waals surface area contributed by atoms with Crippen molar-refractivity contribution < 1.29 is 13.9 Å². The summed E-state index contributed by atoms with van der Waals surface area (Å²) in [5, 5.41) is 0. The van der Waals surface area contributed by atoms with E-state index in [-0.39, 0.29) is 19.0 Å². The molecule has 21 heavy (non-hydrogen) atoms. The SMILES string of the molecule is Fc1ccc(Oc2cccc(COCC(Cl)(Cl)Cl)n2)cc1. The van der Waals surface area contributed by atoms with Crippen LogP contribution in [0, 0.1) is 5.82 Å². The molecule has 0 aliphatic carbocycles. The van der Waals surface area contributed by atoms with Crippen molar-refractivity contribution in [1.82, 2.24) is 4.98 Å². The van der Waals surface area contributed by atoms with Gasteiger partial charge in [0.15, 0.2) is 0 Å². The predicted octanol–water partition coefficient (Wildman–Crippen LogP) is 4.90. The van der Waals surface area contributed by atoms with Crippen molar-refractivity contribution in [3.63, 3.8) is 0 Å². The minimum atomic E-state index is -1.46. The molecule has 112 valence electrons. The zero-order valence-electron chi connectivity index (χ0n) is 10.7. The van der Waals surface area contributed by atoms with Crippen LogP contribution >= 0.6 is 34.8 Å². The minimum absolute atomic E-state index is 0.0393. The molecule has 3 nitrogen and oxygen atoms in total. The van der Waals surface area contributed by atoms with Crippen LogP contribution in [-0.2, 0) is 11.3 Å². The van der Waals surface area contributed by atoms with Crippen LogP contribution in [0.15, 0.2) is 42.5 Å². The Kier molecular flexibility index (Phi) is 5.65. The van der Waals surface area contributed by atoms with Gasteiger partial charge in [0, 0.05) is 6.07 Å². The molecule has 7 heteroatoms. The van der Waals surface area contributed by atoms with Crippen LogP contribution in [-0.4, -0.2) is 15.4 Å². The highest BCUT2D eigenvalue weighted by Gasteiger charge is 2.19. The number of hydrogen-bond acceptors (Lipinski definition) is 3. The second-order valence-electron chi connectivity index (χ2n) is 4.13. The highest BCUT2D eigenvalue weighted by atomic mass is 35.6. The van der Waals surface area contributed by atoms with Gasteiger partial charge in [0.05, 0.1) is 18.9 Å². The first-order valence-corrected chi connectivity index (χ1v) is 7.10. The van der Waals surface area contributed by atoms with Crippen LogP contribution in [0.3, 0.4) is 0 Å². The van der Waals surface area contributed by atoms with Crippen molar-refractivity contribution in [2.24, 2.45) is 0 Å². The van der Waals surface area contributed by atoms with Gasteiger partial charge in [0.1, 0.15) is 11.6 Å². The van der Waals surface area contributed by atoms with E-state index in [4.69, 9.17) is 44.3 Å². The van der Waals surface area contributed by atoms with E-state index >= 15 is 0 Å². The van der Waals surface area contributed by atoms with Crippen LogP contribution < -0.4 is 4.74 Å². The van der Waals surface area contributed by atoms with Crippen molar-refractivity contribution in [1.29, 1.82) is 0 Å². The number of rotatable bonds is 5. The van der Waals surface area contributed by atoms with Gasteiger partial charge in [-0.2, -0.15) is 0 Å². The Hall–Kier alpha value is -1.07. The summed E-state index contributed by atoms with van der Waals surface area (Å²) in [4.78, 5) is 4.24. The third-order valence-electron chi connectivity index (χ3n) is 2.33. The molecule has 0 radical (unpaired) electrons. The van der Waals surface area contributed by atoms with Crippen molar-refractivity contribution >= 4 is 34.8 Å². The average molecular weight is 351 g/mol. The Morgan fingerprint density at radius 3 is 2.43 bits per heavy atom. The Morgan fingerprint density at radius 2 is 1.76 bits per heavy atom. The van der Waals surface area contributed by atoms with Gasteiger partial charge in [0.25, 0.3) is 0 Å². The lowest BCUT2D eigenvalue weighted by atomic mass is 10.3. The molecule has 0 bridgehead atoms. The molecule has 1 aromatic heterocycles. The molecule has 0 spiro atoms. The number of benzene rings is 1. The van der Waals surface area contributed by atoms with Crippen LogP contribution in [0.25, 0.3) is 0 Å². The molecule has 0 aliphatic heterocycles. The lowest BCUT2D eigenvalue weighted by Gasteiger charge is -2.11. The summed E-state index contributed by atoms with van der Waals surface area (Å²) in [6, 6.07) is 10.9. The second kappa shape index (κ2) is 7.27. The lowest BCUT2D eigenvalue weighted by molar-refractivity contribution is 0.123. The van der Waals surface area contributed by atoms with E-state index < -0.39 is 3.79 Å². The largest absolute Gasteiger partial charge is 0.439 e. The van der Waals surface area contributed by atoms with E-state index in [0.717, 1.165) is 0 Å². The molecule has 2 rings (SSSR count). The van der Waals surface area contributed by atoms with Gasteiger partial charge in [-0.1, -0.05) is 40.9 Å². The van der Waals surface area contributed by atoms with Crippen molar-refractivity contribution in [2.75, 3.05) is 6.61 Å². The number of hydrogen-bond donors (Lipinski definition) is 0. The van der Waals surface area contributed by atoms with E-state index in [1.807, 2.05) is 0 Å². The third-order valence-corrected chi connectivity index (χ3v) is 2.66. The third kappa shape index (κ3) is 6.06. The summed E-state index contributed by atoms with van der Waals surface area (Å²) in [6.07, 6.45) is 0. The molecule has 0 amide bonds. The molecule has 0 saturated carbocycles. The Labute approximate surface area is 136 Å². The number of ether oxygens (including phenoxy) is 2. The normalized spacial score (nSPS) is 11.4. The van der Waals surface area contributed by atoms with Crippen LogP contribution in [0.5, 0.6) is 11.6 Å². The van der Waals surface area contributed by atoms with E-state index in [1.165, 1.54) is 24.3 Å². The zero-order valence-corrected chi connectivity index (χ0v) is 13.0. The smallest absolute Gasteiger partial charge is 0.219 e. The van der Waals surface area contributed by atoms with Gasteiger partial charge in [-0.25, -0.2) is 9.37 Å². The zero-order chi connectivity index (χ0) is 15.3. The lowest BCUT2D eigenvalue weighted by Crippen LogP contribution is -2.13. The number of nitrogens with zero attached hydrogens (tertiary/aromatic N) is 1. The highest BCUT2D eigenvalue weighted by Crippen LogP contribution is 2.26. The Bertz CT molecular complexity index is 588. The quantitative estimate of drug-likeness (QED) is 0.719. The number of alkyl halides is 3. The molecule has 0 atom stereocenters. The fourth-order valence-corrected chi connectivity index (χ4v) is 1.72. The number of aromatic nitrogens is 1. The summed E-state index contributed by atoms with van der Waals surface area (Å²) in [5.74, 6) is 0.531. The van der Waals surface area contributed by atoms with Crippen LogP contribution in [0.2, 0.25) is 0 Å². The van der Waals surface area contributed by atoms with Crippen molar-refractivity contribution in [3.05, 3.63) is 54.0 Å². The fourth-order valence-electron chi connectivity index (χ4n) is 1.49. The van der Waals surface area contributed by atoms with Gasteiger partial charge in [-0.05, 0) is 30.3 Å². The van der Waals surface area contributed by atoms with E-state index in [1.54, 1.807) is 18.2 Å². The van der Waals surface area contributed by atoms with Gasteiger partial charge >= 0.3 is 0 Å². The van der Waals surface area contributed by atoms with Gasteiger partial charge < -0.3 is 9.47 Å². The minimum Gasteiger partial charge on any atom is -0.439 e. The molecule has 0 aliphatic rings. The Balaban J connectivity index is 1.96. The van der Waals surface area contributed by atoms with Crippen molar-refractivity contribution in [2.45, 2.75) is 10.4 Å². The summed E-state index contributed by atoms with van der Waals surface area (Å²) >= 11 is 16.7. The highest BCUT2D eigenvalue weighted by molar-refractivity contribution is 6.67. The van der Waals surface area contributed by atoms with E-state index in [2.05, 4.69) is 4.98 Å². The predicted molar refractivity (Wildman–Crippen MR) is 80.7 cm³/mol. The standard InChI is InChI=1S/C14H11Cl3FNO2/c15-14(16,17)9-20-8-11-2-1-3-13(19-11)21-12-6-4-10(18)5-7-12/h1-7H,8-9H2. The maximum atomic E-state index is 12.8. The molecule has 0 fully saturated rings. The number of halogens is 4. The number of pyridine rings is 1. The van der Waals surface area contributed by atoms with E-state index in [9.17, 15) is 4.39 Å². The summed E-state index contributed by atoms with van der Waals surface area (Å²) < 4.78 is 22.1. The molecule has 2 aromatic rings. The van der Waals surface area contributed by atoms with Crippen LogP contribution in [0.1, 0.15) is 5.69 Å². The average Bonchev–Trinajstić information content (AvgIpc) is 2.40. The monoisotopic (exact) mass is 349 g/mol. The summed E-state index contributed by atoms with van der Waals surface area (Å²) in [5.41, 5.74) is 0.629. The van der Waals surface area contributed by atoms with Gasteiger partial charge in [0.2, 0.25) is 9.67 Å². The van der Waals surface area contributed by atoms with E-state index in [0.29, 0.717) is 17.3 Å². The molecule has 0 saturated heterocycles. The maximum Gasteiger partial charge on any atom is 0.219 e.